The number of unbranched alkanes of at least 4 members (excludes halogenated alkanes) is 1. The molecule has 0 bridgehead atoms. The highest BCUT2D eigenvalue weighted by Gasteiger charge is 2.33. The number of carbonyl (C=O) groups excluding carboxylic acids is 3. The average Bonchev–Trinajstić information content (AvgIpc) is 2.73. The molecule has 0 fully saturated rings. The van der Waals surface area contributed by atoms with Gasteiger partial charge in [-0.3, -0.25) is 14.4 Å². The van der Waals surface area contributed by atoms with Crippen LogP contribution >= 0.6 is 0 Å². The van der Waals surface area contributed by atoms with E-state index in [4.69, 9.17) is 11.5 Å². The number of aliphatic carboxylic acids is 1. The molecule has 3 amide bonds. The molecule has 0 aliphatic carbocycles. The Kier molecular flexibility index (Phi) is 13.7. The molecule has 0 aliphatic heterocycles. The van der Waals surface area contributed by atoms with Crippen LogP contribution in [0.2, 0.25) is 0 Å². The zero-order chi connectivity index (χ0) is 23.3. The Morgan fingerprint density at radius 2 is 1.37 bits per heavy atom. The van der Waals surface area contributed by atoms with E-state index >= 15 is 0 Å². The highest BCUT2D eigenvalue weighted by molar-refractivity contribution is 5.93. The lowest BCUT2D eigenvalue weighted by Gasteiger charge is -2.29. The molecule has 174 valence electrons. The SMILES string of the molecule is CCC(C)C(NC(=O)C(NC(=O)C(CCCCN)NC(=O)CN)C(C)CC)C(=O)O. The molecule has 5 unspecified atom stereocenters. The molecule has 0 aromatic heterocycles. The van der Waals surface area contributed by atoms with E-state index in [-0.39, 0.29) is 18.4 Å². The standard InChI is InChI=1S/C20H39N5O5/c1-5-12(3)16(19(28)25-17(20(29)30)13(4)6-2)24-18(27)14(9-7-8-10-21)23-15(26)11-22/h12-14,16-17H,5-11,21-22H2,1-4H3,(H,23,26)(H,24,27)(H,25,28)(H,29,30). The lowest BCUT2D eigenvalue weighted by Crippen LogP contribution is -2.58. The van der Waals surface area contributed by atoms with Gasteiger partial charge in [-0.25, -0.2) is 4.79 Å². The Labute approximate surface area is 178 Å². The molecule has 0 rings (SSSR count). The zero-order valence-electron chi connectivity index (χ0n) is 18.6. The molecular weight excluding hydrogens is 390 g/mol. The van der Waals surface area contributed by atoms with Crippen LogP contribution in [0.3, 0.4) is 0 Å². The van der Waals surface area contributed by atoms with Crippen molar-refractivity contribution in [3.05, 3.63) is 0 Å². The van der Waals surface area contributed by atoms with Crippen molar-refractivity contribution in [1.29, 1.82) is 0 Å². The summed E-state index contributed by atoms with van der Waals surface area (Å²) in [5.41, 5.74) is 10.8. The van der Waals surface area contributed by atoms with Crippen LogP contribution in [-0.4, -0.2) is 60.0 Å². The van der Waals surface area contributed by atoms with Crippen LogP contribution in [0, 0.1) is 11.8 Å². The Morgan fingerprint density at radius 1 is 0.833 bits per heavy atom. The van der Waals surface area contributed by atoms with Crippen molar-refractivity contribution < 1.29 is 24.3 Å². The monoisotopic (exact) mass is 429 g/mol. The van der Waals surface area contributed by atoms with E-state index in [2.05, 4.69) is 16.0 Å². The van der Waals surface area contributed by atoms with Gasteiger partial charge in [0.2, 0.25) is 17.7 Å². The number of amides is 3. The Morgan fingerprint density at radius 3 is 1.83 bits per heavy atom. The molecule has 0 aliphatic rings. The van der Waals surface area contributed by atoms with Gasteiger partial charge < -0.3 is 32.5 Å². The second-order valence-corrected chi connectivity index (χ2v) is 7.69. The van der Waals surface area contributed by atoms with Crippen molar-refractivity contribution in [3.63, 3.8) is 0 Å². The van der Waals surface area contributed by atoms with Crippen LogP contribution in [0.4, 0.5) is 0 Å². The summed E-state index contributed by atoms with van der Waals surface area (Å²) in [5, 5.41) is 17.3. The van der Waals surface area contributed by atoms with Gasteiger partial charge in [0.15, 0.2) is 0 Å². The minimum absolute atomic E-state index is 0.241. The number of carboxylic acid groups (broad SMARTS) is 1. The summed E-state index contributed by atoms with van der Waals surface area (Å²) in [6, 6.07) is -2.83. The van der Waals surface area contributed by atoms with Crippen molar-refractivity contribution in [2.75, 3.05) is 13.1 Å². The highest BCUT2D eigenvalue weighted by Crippen LogP contribution is 2.13. The molecule has 0 spiro atoms. The van der Waals surface area contributed by atoms with E-state index in [1.54, 1.807) is 13.8 Å². The summed E-state index contributed by atoms with van der Waals surface area (Å²) >= 11 is 0. The maximum absolute atomic E-state index is 12.9. The Hall–Kier alpha value is -2.20. The summed E-state index contributed by atoms with van der Waals surface area (Å²) in [7, 11) is 0. The first-order chi connectivity index (χ1) is 14.1. The van der Waals surface area contributed by atoms with Gasteiger partial charge in [-0.05, 0) is 37.6 Å². The number of nitrogens with one attached hydrogen (secondary N) is 3. The van der Waals surface area contributed by atoms with E-state index in [9.17, 15) is 24.3 Å². The summed E-state index contributed by atoms with van der Waals surface area (Å²) in [6.45, 7) is 7.45. The van der Waals surface area contributed by atoms with Crippen molar-refractivity contribution in [3.8, 4) is 0 Å². The third-order valence-corrected chi connectivity index (χ3v) is 5.35. The number of hydrogen-bond donors (Lipinski definition) is 6. The van der Waals surface area contributed by atoms with Gasteiger partial charge in [0, 0.05) is 0 Å². The van der Waals surface area contributed by atoms with Gasteiger partial charge >= 0.3 is 5.97 Å². The third kappa shape index (κ3) is 9.53. The van der Waals surface area contributed by atoms with Crippen LogP contribution in [0.5, 0.6) is 0 Å². The third-order valence-electron chi connectivity index (χ3n) is 5.35. The molecule has 30 heavy (non-hydrogen) atoms. The fourth-order valence-corrected chi connectivity index (χ4v) is 2.90. The number of nitrogens with two attached hydrogens (primary N) is 2. The summed E-state index contributed by atoms with van der Waals surface area (Å²) in [4.78, 5) is 49.0. The van der Waals surface area contributed by atoms with E-state index in [0.717, 1.165) is 0 Å². The van der Waals surface area contributed by atoms with Crippen molar-refractivity contribution in [1.82, 2.24) is 16.0 Å². The van der Waals surface area contributed by atoms with E-state index < -0.39 is 41.8 Å². The molecular formula is C20H39N5O5. The smallest absolute Gasteiger partial charge is 0.326 e. The van der Waals surface area contributed by atoms with Crippen LogP contribution in [-0.2, 0) is 19.2 Å². The van der Waals surface area contributed by atoms with Gasteiger partial charge in [0.05, 0.1) is 6.54 Å². The van der Waals surface area contributed by atoms with E-state index in [0.29, 0.717) is 38.6 Å². The molecule has 10 nitrogen and oxygen atoms in total. The number of hydrogen-bond acceptors (Lipinski definition) is 6. The van der Waals surface area contributed by atoms with Gasteiger partial charge in [-0.15, -0.1) is 0 Å². The molecule has 0 saturated heterocycles. The quantitative estimate of drug-likeness (QED) is 0.194. The highest BCUT2D eigenvalue weighted by atomic mass is 16.4. The van der Waals surface area contributed by atoms with Crippen molar-refractivity contribution in [2.45, 2.75) is 77.9 Å². The average molecular weight is 430 g/mol. The molecule has 0 aromatic carbocycles. The molecule has 0 radical (unpaired) electrons. The number of rotatable bonds is 15. The molecule has 10 heteroatoms. The van der Waals surface area contributed by atoms with Gasteiger partial charge in [-0.2, -0.15) is 0 Å². The second kappa shape index (κ2) is 14.7. The first-order valence-electron chi connectivity index (χ1n) is 10.7. The molecule has 5 atom stereocenters. The fraction of sp³-hybridized carbons (Fsp3) is 0.800. The normalized spacial score (nSPS) is 15.9. The maximum Gasteiger partial charge on any atom is 0.326 e. The van der Waals surface area contributed by atoms with Gasteiger partial charge in [-0.1, -0.05) is 40.5 Å². The van der Waals surface area contributed by atoms with Crippen LogP contribution in [0.1, 0.15) is 59.8 Å². The topological polar surface area (TPSA) is 177 Å². The zero-order valence-corrected chi connectivity index (χ0v) is 18.6. The fourth-order valence-electron chi connectivity index (χ4n) is 2.90. The summed E-state index contributed by atoms with van der Waals surface area (Å²) in [5.74, 6) is -3.18. The number of carboxylic acids is 1. The summed E-state index contributed by atoms with van der Waals surface area (Å²) < 4.78 is 0. The number of carbonyl (C=O) groups is 4. The van der Waals surface area contributed by atoms with Crippen LogP contribution in [0.25, 0.3) is 0 Å². The minimum Gasteiger partial charge on any atom is -0.480 e. The van der Waals surface area contributed by atoms with Crippen LogP contribution < -0.4 is 27.4 Å². The largest absolute Gasteiger partial charge is 0.480 e. The van der Waals surface area contributed by atoms with Gasteiger partial charge in [0.1, 0.15) is 18.1 Å². The predicted octanol–water partition coefficient (Wildman–Crippen LogP) is -0.295. The molecule has 0 aromatic rings. The van der Waals surface area contributed by atoms with Crippen molar-refractivity contribution in [2.24, 2.45) is 23.3 Å². The van der Waals surface area contributed by atoms with Gasteiger partial charge in [0.25, 0.3) is 0 Å². The lowest BCUT2D eigenvalue weighted by atomic mass is 9.95. The summed E-state index contributed by atoms with van der Waals surface area (Å²) in [6.07, 6.45) is 2.83. The van der Waals surface area contributed by atoms with Crippen LogP contribution in [0.15, 0.2) is 0 Å². The second-order valence-electron chi connectivity index (χ2n) is 7.69. The van der Waals surface area contributed by atoms with Crippen molar-refractivity contribution >= 4 is 23.7 Å². The van der Waals surface area contributed by atoms with E-state index in [1.165, 1.54) is 0 Å². The first-order valence-corrected chi connectivity index (χ1v) is 10.7. The Balaban J connectivity index is 5.43. The molecule has 0 heterocycles. The predicted molar refractivity (Wildman–Crippen MR) is 114 cm³/mol. The lowest BCUT2D eigenvalue weighted by molar-refractivity contribution is -0.144. The minimum atomic E-state index is -1.12. The maximum atomic E-state index is 12.9. The first kappa shape index (κ1) is 27.8. The Bertz CT molecular complexity index is 572. The molecule has 0 saturated carbocycles. The molecule has 8 N–H and O–H groups in total. The van der Waals surface area contributed by atoms with E-state index in [1.807, 2.05) is 13.8 Å².